The molecule has 1 unspecified atom stereocenters. The highest BCUT2D eigenvalue weighted by molar-refractivity contribution is 5.71. The zero-order valence-corrected chi connectivity index (χ0v) is 15.3. The molecule has 132 valence electrons. The number of aromatic amines is 1. The Morgan fingerprint density at radius 2 is 1.77 bits per heavy atom. The first kappa shape index (κ1) is 16.6. The van der Waals surface area contributed by atoms with Crippen LogP contribution in [0.3, 0.4) is 0 Å². The summed E-state index contributed by atoms with van der Waals surface area (Å²) >= 11 is 0. The number of nitrogens with one attached hydrogen (secondary N) is 1. The van der Waals surface area contributed by atoms with Crippen molar-refractivity contribution in [3.8, 4) is 16.9 Å². The van der Waals surface area contributed by atoms with Gasteiger partial charge in [-0.05, 0) is 37.5 Å². The van der Waals surface area contributed by atoms with E-state index in [1.807, 2.05) is 49.4 Å². The predicted molar refractivity (Wildman–Crippen MR) is 104 cm³/mol. The van der Waals surface area contributed by atoms with Crippen LogP contribution in [-0.2, 0) is 11.8 Å². The Balaban J connectivity index is 2.08. The molecule has 1 N–H and O–H groups in total. The maximum atomic E-state index is 13.4. The summed E-state index contributed by atoms with van der Waals surface area (Å²) in [5, 5.41) is 0. The van der Waals surface area contributed by atoms with Gasteiger partial charge < -0.3 is 4.98 Å². The molecule has 1 heterocycles. The van der Waals surface area contributed by atoms with Crippen LogP contribution in [0.2, 0.25) is 0 Å². The van der Waals surface area contributed by atoms with E-state index in [-0.39, 0.29) is 11.0 Å². The third kappa shape index (κ3) is 2.37. The van der Waals surface area contributed by atoms with E-state index in [0.29, 0.717) is 16.9 Å². The molecule has 4 rings (SSSR count). The van der Waals surface area contributed by atoms with Crippen molar-refractivity contribution in [3.63, 3.8) is 0 Å². The van der Waals surface area contributed by atoms with Gasteiger partial charge >= 0.3 is 5.69 Å². The van der Waals surface area contributed by atoms with Gasteiger partial charge in [0.15, 0.2) is 0 Å². The van der Waals surface area contributed by atoms with Gasteiger partial charge in [0, 0.05) is 16.5 Å². The molecule has 0 saturated carbocycles. The summed E-state index contributed by atoms with van der Waals surface area (Å²) in [6.45, 7) is 6.19. The Labute approximate surface area is 152 Å². The zero-order chi connectivity index (χ0) is 18.5. The lowest BCUT2D eigenvalue weighted by Crippen LogP contribution is -2.44. The molecule has 3 aromatic rings. The van der Waals surface area contributed by atoms with Crippen molar-refractivity contribution in [2.24, 2.45) is 0 Å². The second kappa shape index (κ2) is 5.84. The first-order valence-electron chi connectivity index (χ1n) is 9.00. The van der Waals surface area contributed by atoms with Gasteiger partial charge in [0.25, 0.3) is 5.56 Å². The van der Waals surface area contributed by atoms with E-state index in [4.69, 9.17) is 0 Å². The van der Waals surface area contributed by atoms with Gasteiger partial charge in [-0.15, -0.1) is 0 Å². The standard InChI is InChI=1S/C22H22N2O2/c1-4-22(3)13-15-7-5-6-8-17(15)19-18(22)20(25)24(21(26)23-19)16-11-9-14(2)10-12-16/h5-12H,4,13H2,1-3H3,(H,23,26). The molecule has 0 fully saturated rings. The number of hydrogen-bond donors (Lipinski definition) is 1. The number of fused-ring (bicyclic) bond motifs is 3. The molecule has 4 nitrogen and oxygen atoms in total. The van der Waals surface area contributed by atoms with Crippen molar-refractivity contribution >= 4 is 0 Å². The summed E-state index contributed by atoms with van der Waals surface area (Å²) in [7, 11) is 0. The third-order valence-electron chi connectivity index (χ3n) is 5.65. The van der Waals surface area contributed by atoms with Gasteiger partial charge in [0.2, 0.25) is 0 Å². The highest BCUT2D eigenvalue weighted by Crippen LogP contribution is 2.41. The van der Waals surface area contributed by atoms with Crippen molar-refractivity contribution in [2.75, 3.05) is 0 Å². The summed E-state index contributed by atoms with van der Waals surface area (Å²) in [6.07, 6.45) is 1.62. The Morgan fingerprint density at radius 3 is 2.46 bits per heavy atom. The van der Waals surface area contributed by atoms with E-state index in [2.05, 4.69) is 24.9 Å². The molecular weight excluding hydrogens is 324 g/mol. The average molecular weight is 346 g/mol. The average Bonchev–Trinajstić information content (AvgIpc) is 2.63. The number of H-pyrrole nitrogens is 1. The van der Waals surface area contributed by atoms with Crippen LogP contribution >= 0.6 is 0 Å². The van der Waals surface area contributed by atoms with Crippen LogP contribution in [0.15, 0.2) is 58.1 Å². The number of aromatic nitrogens is 2. The van der Waals surface area contributed by atoms with Crippen LogP contribution in [0.5, 0.6) is 0 Å². The quantitative estimate of drug-likeness (QED) is 0.769. The zero-order valence-electron chi connectivity index (χ0n) is 15.3. The fourth-order valence-corrected chi connectivity index (χ4v) is 3.96. The first-order valence-corrected chi connectivity index (χ1v) is 9.00. The number of aryl methyl sites for hydroxylation is 1. The SMILES string of the molecule is CCC1(C)Cc2ccccc2-c2[nH]c(=O)n(-c3ccc(C)cc3)c(=O)c21. The van der Waals surface area contributed by atoms with E-state index < -0.39 is 5.69 Å². The molecule has 0 spiro atoms. The normalized spacial score (nSPS) is 18.3. The molecule has 26 heavy (non-hydrogen) atoms. The van der Waals surface area contributed by atoms with Crippen molar-refractivity contribution in [2.45, 2.75) is 39.0 Å². The van der Waals surface area contributed by atoms with Crippen molar-refractivity contribution < 1.29 is 0 Å². The summed E-state index contributed by atoms with van der Waals surface area (Å²) in [6, 6.07) is 15.5. The monoisotopic (exact) mass is 346 g/mol. The van der Waals surface area contributed by atoms with Crippen molar-refractivity contribution in [3.05, 3.63) is 86.1 Å². The largest absolute Gasteiger partial charge is 0.333 e. The summed E-state index contributed by atoms with van der Waals surface area (Å²) < 4.78 is 1.26. The van der Waals surface area contributed by atoms with Crippen LogP contribution in [0.4, 0.5) is 0 Å². The smallest absolute Gasteiger partial charge is 0.306 e. The fraction of sp³-hybridized carbons (Fsp3) is 0.273. The van der Waals surface area contributed by atoms with E-state index in [1.54, 1.807) is 0 Å². The Kier molecular flexibility index (Phi) is 3.72. The minimum absolute atomic E-state index is 0.216. The second-order valence-electron chi connectivity index (χ2n) is 7.40. The second-order valence-corrected chi connectivity index (χ2v) is 7.40. The summed E-state index contributed by atoms with van der Waals surface area (Å²) in [5.41, 5.74) is 4.28. The molecule has 0 saturated heterocycles. The molecular formula is C22H22N2O2. The maximum absolute atomic E-state index is 13.4. The number of rotatable bonds is 2. The molecule has 0 radical (unpaired) electrons. The van der Waals surface area contributed by atoms with Crippen molar-refractivity contribution in [1.82, 2.24) is 9.55 Å². The molecule has 2 aromatic carbocycles. The van der Waals surface area contributed by atoms with Crippen LogP contribution in [-0.4, -0.2) is 9.55 Å². The lowest BCUT2D eigenvalue weighted by Gasteiger charge is -2.35. The molecule has 1 aliphatic carbocycles. The van der Waals surface area contributed by atoms with Gasteiger partial charge in [-0.2, -0.15) is 0 Å². The number of benzene rings is 2. The van der Waals surface area contributed by atoms with E-state index in [9.17, 15) is 9.59 Å². The van der Waals surface area contributed by atoms with Gasteiger partial charge in [-0.1, -0.05) is 55.8 Å². The Hall–Kier alpha value is -2.88. The highest BCUT2D eigenvalue weighted by Gasteiger charge is 2.37. The highest BCUT2D eigenvalue weighted by atomic mass is 16.2. The predicted octanol–water partition coefficient (Wildman–Crippen LogP) is 3.73. The van der Waals surface area contributed by atoms with Gasteiger partial charge in [-0.25, -0.2) is 9.36 Å². The van der Waals surface area contributed by atoms with E-state index >= 15 is 0 Å². The minimum Gasteiger partial charge on any atom is -0.306 e. The summed E-state index contributed by atoms with van der Waals surface area (Å²) in [4.78, 5) is 29.3. The molecule has 1 atom stereocenters. The Bertz CT molecular complexity index is 1110. The lowest BCUT2D eigenvalue weighted by atomic mass is 9.69. The summed E-state index contributed by atoms with van der Waals surface area (Å²) in [5.74, 6) is 0. The topological polar surface area (TPSA) is 54.9 Å². The van der Waals surface area contributed by atoms with Gasteiger partial charge in [0.05, 0.1) is 11.4 Å². The molecule has 0 amide bonds. The van der Waals surface area contributed by atoms with Crippen molar-refractivity contribution in [1.29, 1.82) is 0 Å². The lowest BCUT2D eigenvalue weighted by molar-refractivity contribution is 0.437. The van der Waals surface area contributed by atoms with Gasteiger partial charge in [-0.3, -0.25) is 4.79 Å². The van der Waals surface area contributed by atoms with Crippen LogP contribution in [0.25, 0.3) is 16.9 Å². The number of hydrogen-bond acceptors (Lipinski definition) is 2. The molecule has 1 aliphatic rings. The van der Waals surface area contributed by atoms with E-state index in [1.165, 1.54) is 10.1 Å². The van der Waals surface area contributed by atoms with Crippen LogP contribution < -0.4 is 11.2 Å². The van der Waals surface area contributed by atoms with Crippen LogP contribution in [0, 0.1) is 6.92 Å². The molecule has 0 bridgehead atoms. The minimum atomic E-state index is -0.396. The Morgan fingerprint density at radius 1 is 1.08 bits per heavy atom. The third-order valence-corrected chi connectivity index (χ3v) is 5.65. The molecule has 4 heteroatoms. The van der Waals surface area contributed by atoms with Crippen LogP contribution in [0.1, 0.15) is 37.0 Å². The number of nitrogens with zero attached hydrogens (tertiary/aromatic N) is 1. The molecule has 0 aliphatic heterocycles. The fourth-order valence-electron chi connectivity index (χ4n) is 3.96. The van der Waals surface area contributed by atoms with Gasteiger partial charge in [0.1, 0.15) is 0 Å². The maximum Gasteiger partial charge on any atom is 0.333 e. The molecule has 1 aromatic heterocycles. The first-order chi connectivity index (χ1) is 12.4. The van der Waals surface area contributed by atoms with E-state index in [0.717, 1.165) is 24.0 Å².